The van der Waals surface area contributed by atoms with E-state index in [2.05, 4.69) is 24.8 Å². The molecule has 0 aliphatic carbocycles. The largest absolute Gasteiger partial charge is 0.301 e. The van der Waals surface area contributed by atoms with Gasteiger partial charge in [-0.3, -0.25) is 0 Å². The molecule has 1 aromatic carbocycles. The Labute approximate surface area is 174 Å². The number of piperidine rings is 1. The zero-order chi connectivity index (χ0) is 20.1. The van der Waals surface area contributed by atoms with Gasteiger partial charge in [0.2, 0.25) is 10.0 Å². The van der Waals surface area contributed by atoms with Crippen molar-refractivity contribution in [3.05, 3.63) is 51.7 Å². The molecule has 6 heteroatoms. The summed E-state index contributed by atoms with van der Waals surface area (Å²) in [5.41, 5.74) is 2.23. The van der Waals surface area contributed by atoms with E-state index < -0.39 is 10.0 Å². The molecule has 1 fully saturated rings. The van der Waals surface area contributed by atoms with Crippen molar-refractivity contribution in [2.75, 3.05) is 19.6 Å². The molecule has 1 saturated heterocycles. The van der Waals surface area contributed by atoms with Crippen molar-refractivity contribution in [3.8, 4) is 0 Å². The van der Waals surface area contributed by atoms with Gasteiger partial charge in [-0.1, -0.05) is 24.1 Å². The summed E-state index contributed by atoms with van der Waals surface area (Å²) in [6.07, 6.45) is 4.67. The maximum absolute atomic E-state index is 13.3. The molecule has 1 atom stereocenters. The van der Waals surface area contributed by atoms with Crippen molar-refractivity contribution in [1.82, 2.24) is 9.21 Å². The monoisotopic (exact) mass is 420 g/mol. The predicted octanol–water partition coefficient (Wildman–Crippen LogP) is 4.82. The van der Waals surface area contributed by atoms with Crippen molar-refractivity contribution in [2.45, 2.75) is 63.9 Å². The normalized spacial score (nSPS) is 18.6. The van der Waals surface area contributed by atoms with E-state index in [1.54, 1.807) is 27.8 Å². The second-order valence-corrected chi connectivity index (χ2v) is 10.9. The minimum atomic E-state index is -3.51. The third-order valence-electron chi connectivity index (χ3n) is 5.74. The molecule has 1 aliphatic rings. The molecule has 28 heavy (non-hydrogen) atoms. The molecule has 2 aromatic rings. The fraction of sp³-hybridized carbons (Fsp3) is 0.545. The van der Waals surface area contributed by atoms with E-state index in [-0.39, 0.29) is 0 Å². The zero-order valence-corrected chi connectivity index (χ0v) is 18.9. The van der Waals surface area contributed by atoms with E-state index >= 15 is 0 Å². The van der Waals surface area contributed by atoms with Crippen LogP contribution in [0, 0.1) is 13.8 Å². The van der Waals surface area contributed by atoms with E-state index in [9.17, 15) is 8.42 Å². The Kier molecular flexibility index (Phi) is 7.31. The minimum Gasteiger partial charge on any atom is -0.301 e. The topological polar surface area (TPSA) is 40.6 Å². The number of benzene rings is 1. The van der Waals surface area contributed by atoms with E-state index in [1.165, 1.54) is 24.8 Å². The summed E-state index contributed by atoms with van der Waals surface area (Å²) in [7, 11) is -3.51. The molecule has 1 aromatic heterocycles. The van der Waals surface area contributed by atoms with Crippen LogP contribution >= 0.6 is 11.3 Å². The predicted molar refractivity (Wildman–Crippen MR) is 117 cm³/mol. The second-order valence-electron chi connectivity index (χ2n) is 7.91. The molecule has 0 saturated carbocycles. The van der Waals surface area contributed by atoms with E-state index in [1.807, 2.05) is 24.4 Å². The van der Waals surface area contributed by atoms with Gasteiger partial charge in [-0.25, -0.2) is 8.42 Å². The minimum absolute atomic E-state index is 0.388. The van der Waals surface area contributed by atoms with Crippen LogP contribution in [0.2, 0.25) is 0 Å². The number of hydrogen-bond donors (Lipinski definition) is 0. The van der Waals surface area contributed by atoms with Gasteiger partial charge >= 0.3 is 0 Å². The van der Waals surface area contributed by atoms with Gasteiger partial charge in [-0.2, -0.15) is 4.31 Å². The van der Waals surface area contributed by atoms with Gasteiger partial charge < -0.3 is 4.90 Å². The highest BCUT2D eigenvalue weighted by Gasteiger charge is 2.26. The maximum Gasteiger partial charge on any atom is 0.243 e. The Morgan fingerprint density at radius 2 is 1.89 bits per heavy atom. The lowest BCUT2D eigenvalue weighted by Crippen LogP contribution is -2.40. The lowest BCUT2D eigenvalue weighted by Gasteiger charge is -2.33. The summed E-state index contributed by atoms with van der Waals surface area (Å²) in [6.45, 7) is 9.42. The van der Waals surface area contributed by atoms with Crippen molar-refractivity contribution >= 4 is 21.4 Å². The van der Waals surface area contributed by atoms with Crippen LogP contribution < -0.4 is 0 Å². The Morgan fingerprint density at radius 3 is 2.54 bits per heavy atom. The quantitative estimate of drug-likeness (QED) is 0.615. The van der Waals surface area contributed by atoms with Gasteiger partial charge in [0.05, 0.1) is 4.90 Å². The Hall–Kier alpha value is -1.21. The molecule has 1 unspecified atom stereocenters. The first kappa shape index (κ1) is 21.5. The third-order valence-corrected chi connectivity index (χ3v) is 8.61. The van der Waals surface area contributed by atoms with Crippen LogP contribution in [0.3, 0.4) is 0 Å². The van der Waals surface area contributed by atoms with Gasteiger partial charge in [-0.15, -0.1) is 11.3 Å². The summed E-state index contributed by atoms with van der Waals surface area (Å²) < 4.78 is 28.4. The van der Waals surface area contributed by atoms with Crippen molar-refractivity contribution in [1.29, 1.82) is 0 Å². The molecule has 0 radical (unpaired) electrons. The number of likely N-dealkylation sites (tertiary alicyclic amines) is 1. The Bertz CT molecular complexity index is 859. The van der Waals surface area contributed by atoms with Crippen LogP contribution in [0.15, 0.2) is 40.6 Å². The summed E-state index contributed by atoms with van der Waals surface area (Å²) in [5.74, 6) is 0. The summed E-state index contributed by atoms with van der Waals surface area (Å²) in [5, 5.41) is 2.04. The van der Waals surface area contributed by atoms with E-state index in [0.29, 0.717) is 24.0 Å². The number of thiophene rings is 1. The van der Waals surface area contributed by atoms with Crippen LogP contribution in [0.25, 0.3) is 0 Å². The second kappa shape index (κ2) is 9.53. The molecule has 4 nitrogen and oxygen atoms in total. The van der Waals surface area contributed by atoms with Crippen molar-refractivity contribution in [3.63, 3.8) is 0 Å². The van der Waals surface area contributed by atoms with E-state index in [4.69, 9.17) is 0 Å². The number of sulfonamides is 1. The highest BCUT2D eigenvalue weighted by Crippen LogP contribution is 2.24. The fourth-order valence-corrected chi connectivity index (χ4v) is 6.26. The summed E-state index contributed by atoms with van der Waals surface area (Å²) in [6, 6.07) is 9.87. The molecule has 3 rings (SSSR count). The number of rotatable bonds is 8. The van der Waals surface area contributed by atoms with Crippen LogP contribution in [0.1, 0.15) is 48.6 Å². The van der Waals surface area contributed by atoms with Crippen molar-refractivity contribution in [2.24, 2.45) is 0 Å². The average molecular weight is 421 g/mol. The van der Waals surface area contributed by atoms with Crippen LogP contribution in [0.5, 0.6) is 0 Å². The number of hydrogen-bond acceptors (Lipinski definition) is 4. The molecule has 0 amide bonds. The van der Waals surface area contributed by atoms with Gasteiger partial charge in [-0.05, 0) is 82.3 Å². The summed E-state index contributed by atoms with van der Waals surface area (Å²) in [4.78, 5) is 4.03. The van der Waals surface area contributed by atoms with Crippen LogP contribution in [-0.4, -0.2) is 43.3 Å². The lowest BCUT2D eigenvalue weighted by atomic mass is 10.0. The first-order valence-corrected chi connectivity index (χ1v) is 12.5. The SMILES string of the molecule is Cc1ccc(S(=O)(=O)N(CCCN2CCCCC2C)Cc2sccc2C)cc1. The molecule has 2 heterocycles. The van der Waals surface area contributed by atoms with Crippen LogP contribution in [-0.2, 0) is 16.6 Å². The smallest absolute Gasteiger partial charge is 0.243 e. The standard InChI is InChI=1S/C22H32N2O2S2/c1-18-8-10-21(11-9-18)28(25,26)24(17-22-19(2)12-16-27-22)15-6-14-23-13-5-4-7-20(23)3/h8-12,16,20H,4-7,13-15,17H2,1-3H3. The highest BCUT2D eigenvalue weighted by molar-refractivity contribution is 7.89. The average Bonchev–Trinajstić information content (AvgIpc) is 3.07. The van der Waals surface area contributed by atoms with Gasteiger partial charge in [0.25, 0.3) is 0 Å². The Morgan fingerprint density at radius 1 is 1.14 bits per heavy atom. The highest BCUT2D eigenvalue weighted by atomic mass is 32.2. The molecule has 0 spiro atoms. The maximum atomic E-state index is 13.3. The van der Waals surface area contributed by atoms with Gasteiger partial charge in [0, 0.05) is 24.0 Å². The number of nitrogens with zero attached hydrogens (tertiary/aromatic N) is 2. The molecule has 0 bridgehead atoms. The van der Waals surface area contributed by atoms with E-state index in [0.717, 1.165) is 30.0 Å². The molecule has 154 valence electrons. The molecule has 0 N–H and O–H groups in total. The van der Waals surface area contributed by atoms with Crippen LogP contribution in [0.4, 0.5) is 0 Å². The van der Waals surface area contributed by atoms with Gasteiger partial charge in [0.15, 0.2) is 0 Å². The van der Waals surface area contributed by atoms with Crippen molar-refractivity contribution < 1.29 is 8.42 Å². The van der Waals surface area contributed by atoms with Gasteiger partial charge in [0.1, 0.15) is 0 Å². The summed E-state index contributed by atoms with van der Waals surface area (Å²) >= 11 is 1.64. The first-order chi connectivity index (χ1) is 13.4. The lowest BCUT2D eigenvalue weighted by molar-refractivity contribution is 0.155. The molecular weight excluding hydrogens is 388 g/mol. The first-order valence-electron chi connectivity index (χ1n) is 10.2. The molecular formula is C22H32N2O2S2. The molecule has 1 aliphatic heterocycles. The Balaban J connectivity index is 1.74. The zero-order valence-electron chi connectivity index (χ0n) is 17.2. The third kappa shape index (κ3) is 5.23. The fourth-order valence-electron chi connectivity index (χ4n) is 3.81. The number of aryl methyl sites for hydroxylation is 2.